The number of nitrogens with zero attached hydrogens (tertiary/aromatic N) is 1. The van der Waals surface area contributed by atoms with Crippen molar-refractivity contribution in [1.82, 2.24) is 4.90 Å². The van der Waals surface area contributed by atoms with Crippen molar-refractivity contribution < 1.29 is 14.7 Å². The van der Waals surface area contributed by atoms with E-state index in [0.29, 0.717) is 28.6 Å². The number of benzene rings is 1. The van der Waals surface area contributed by atoms with Crippen molar-refractivity contribution in [2.75, 3.05) is 13.1 Å². The standard InChI is InChI=1S/C13H13Cl2NO3/c1-13(12(18)19)4-5-16(7-13)11(17)9-6-8(14)2-3-10(9)15/h2-3,6H,4-5,7H2,1H3,(H,18,19)/t13-/m0/s1. The molecule has 1 aliphatic rings. The Morgan fingerprint density at radius 2 is 2.05 bits per heavy atom. The minimum absolute atomic E-state index is 0.185. The highest BCUT2D eigenvalue weighted by atomic mass is 35.5. The van der Waals surface area contributed by atoms with Gasteiger partial charge in [0, 0.05) is 18.1 Å². The average molecular weight is 302 g/mol. The smallest absolute Gasteiger partial charge is 0.311 e. The van der Waals surface area contributed by atoms with Gasteiger partial charge in [0.1, 0.15) is 0 Å². The Balaban J connectivity index is 2.22. The quantitative estimate of drug-likeness (QED) is 0.914. The van der Waals surface area contributed by atoms with Crippen molar-refractivity contribution in [2.45, 2.75) is 13.3 Å². The SMILES string of the molecule is C[C@]1(C(=O)O)CCN(C(=O)c2cc(Cl)ccc2Cl)C1. The molecule has 1 aromatic carbocycles. The normalized spacial score (nSPS) is 22.6. The molecule has 0 radical (unpaired) electrons. The summed E-state index contributed by atoms with van der Waals surface area (Å²) in [6, 6.07) is 4.66. The summed E-state index contributed by atoms with van der Waals surface area (Å²) in [5.74, 6) is -1.17. The molecule has 0 bridgehead atoms. The van der Waals surface area contributed by atoms with Crippen molar-refractivity contribution in [3.05, 3.63) is 33.8 Å². The third kappa shape index (κ3) is 2.69. The van der Waals surface area contributed by atoms with E-state index >= 15 is 0 Å². The van der Waals surface area contributed by atoms with E-state index in [0.717, 1.165) is 0 Å². The molecule has 1 atom stereocenters. The molecular weight excluding hydrogens is 289 g/mol. The molecule has 1 aromatic rings. The lowest BCUT2D eigenvalue weighted by Crippen LogP contribution is -2.35. The van der Waals surface area contributed by atoms with E-state index in [4.69, 9.17) is 28.3 Å². The van der Waals surface area contributed by atoms with Crippen LogP contribution in [0.25, 0.3) is 0 Å². The van der Waals surface area contributed by atoms with E-state index in [1.807, 2.05) is 0 Å². The van der Waals surface area contributed by atoms with Gasteiger partial charge in [-0.25, -0.2) is 0 Å². The van der Waals surface area contributed by atoms with Gasteiger partial charge in [-0.05, 0) is 31.5 Å². The zero-order chi connectivity index (χ0) is 14.2. The second kappa shape index (κ2) is 5.02. The second-order valence-corrected chi connectivity index (χ2v) is 5.81. The predicted octanol–water partition coefficient (Wildman–Crippen LogP) is 2.93. The molecule has 0 unspecified atom stereocenters. The molecule has 2 rings (SSSR count). The van der Waals surface area contributed by atoms with Crippen LogP contribution >= 0.6 is 23.2 Å². The van der Waals surface area contributed by atoms with Crippen molar-refractivity contribution in [3.8, 4) is 0 Å². The monoisotopic (exact) mass is 301 g/mol. The van der Waals surface area contributed by atoms with Gasteiger partial charge < -0.3 is 10.0 Å². The van der Waals surface area contributed by atoms with Crippen LogP contribution in [-0.4, -0.2) is 35.0 Å². The Bertz CT molecular complexity index is 547. The first kappa shape index (κ1) is 14.2. The molecule has 1 amide bonds. The Morgan fingerprint density at radius 3 is 2.63 bits per heavy atom. The lowest BCUT2D eigenvalue weighted by Gasteiger charge is -2.20. The molecule has 1 aliphatic heterocycles. The van der Waals surface area contributed by atoms with Crippen molar-refractivity contribution in [3.63, 3.8) is 0 Å². The first-order valence-corrected chi connectivity index (χ1v) is 6.57. The average Bonchev–Trinajstić information content (AvgIpc) is 2.76. The summed E-state index contributed by atoms with van der Waals surface area (Å²) < 4.78 is 0. The Kier molecular flexibility index (Phi) is 3.74. The number of hydrogen-bond donors (Lipinski definition) is 1. The van der Waals surface area contributed by atoms with Crippen LogP contribution in [0.1, 0.15) is 23.7 Å². The number of hydrogen-bond acceptors (Lipinski definition) is 2. The molecular formula is C13H13Cl2NO3. The number of aliphatic carboxylic acids is 1. The van der Waals surface area contributed by atoms with Gasteiger partial charge in [0.15, 0.2) is 0 Å². The molecule has 0 spiro atoms. The maximum absolute atomic E-state index is 12.3. The molecule has 1 fully saturated rings. The summed E-state index contributed by atoms with van der Waals surface area (Å²) >= 11 is 11.8. The Morgan fingerprint density at radius 1 is 1.37 bits per heavy atom. The fraction of sp³-hybridized carbons (Fsp3) is 0.385. The van der Waals surface area contributed by atoms with Crippen LogP contribution in [0.4, 0.5) is 0 Å². The van der Waals surface area contributed by atoms with Crippen molar-refractivity contribution in [2.24, 2.45) is 5.41 Å². The van der Waals surface area contributed by atoms with Gasteiger partial charge in [-0.2, -0.15) is 0 Å². The summed E-state index contributed by atoms with van der Waals surface area (Å²) in [6.45, 7) is 2.23. The minimum atomic E-state index is -0.889. The van der Waals surface area contributed by atoms with Gasteiger partial charge in [0.25, 0.3) is 5.91 Å². The zero-order valence-electron chi connectivity index (χ0n) is 10.3. The fourth-order valence-electron chi connectivity index (χ4n) is 2.14. The lowest BCUT2D eigenvalue weighted by molar-refractivity contribution is -0.147. The minimum Gasteiger partial charge on any atom is -0.481 e. The van der Waals surface area contributed by atoms with Crippen molar-refractivity contribution in [1.29, 1.82) is 0 Å². The summed E-state index contributed by atoms with van der Waals surface area (Å²) in [4.78, 5) is 25.0. The number of amides is 1. The molecule has 0 aromatic heterocycles. The maximum Gasteiger partial charge on any atom is 0.311 e. The molecule has 1 N–H and O–H groups in total. The third-order valence-electron chi connectivity index (χ3n) is 3.44. The number of halogens is 2. The van der Waals surface area contributed by atoms with Crippen LogP contribution in [0, 0.1) is 5.41 Å². The summed E-state index contributed by atoms with van der Waals surface area (Å²) in [5, 5.41) is 9.90. The number of carboxylic acids is 1. The van der Waals surface area contributed by atoms with Crippen LogP contribution in [0.2, 0.25) is 10.0 Å². The summed E-state index contributed by atoms with van der Waals surface area (Å²) in [7, 11) is 0. The second-order valence-electron chi connectivity index (χ2n) is 4.97. The van der Waals surface area contributed by atoms with E-state index in [2.05, 4.69) is 0 Å². The molecule has 19 heavy (non-hydrogen) atoms. The van der Waals surface area contributed by atoms with E-state index in [-0.39, 0.29) is 12.5 Å². The lowest BCUT2D eigenvalue weighted by atomic mass is 9.90. The van der Waals surface area contributed by atoms with Gasteiger partial charge >= 0.3 is 5.97 Å². The molecule has 0 aliphatic carbocycles. The molecule has 4 nitrogen and oxygen atoms in total. The van der Waals surface area contributed by atoms with Crippen LogP contribution < -0.4 is 0 Å². The molecule has 1 heterocycles. The number of likely N-dealkylation sites (tertiary alicyclic amines) is 1. The maximum atomic E-state index is 12.3. The fourth-order valence-corrected chi connectivity index (χ4v) is 2.51. The van der Waals surface area contributed by atoms with Crippen molar-refractivity contribution >= 4 is 35.1 Å². The number of carboxylic acid groups (broad SMARTS) is 1. The highest BCUT2D eigenvalue weighted by Gasteiger charge is 2.42. The van der Waals surface area contributed by atoms with E-state index in [1.54, 1.807) is 19.1 Å². The molecule has 6 heteroatoms. The Hall–Kier alpha value is -1.26. The number of carbonyl (C=O) groups is 2. The highest BCUT2D eigenvalue weighted by Crippen LogP contribution is 2.32. The van der Waals surface area contributed by atoms with Crippen LogP contribution in [0.5, 0.6) is 0 Å². The van der Waals surface area contributed by atoms with Gasteiger partial charge in [-0.1, -0.05) is 23.2 Å². The number of rotatable bonds is 2. The van der Waals surface area contributed by atoms with Gasteiger partial charge in [-0.3, -0.25) is 9.59 Å². The molecule has 102 valence electrons. The van der Waals surface area contributed by atoms with E-state index < -0.39 is 11.4 Å². The zero-order valence-corrected chi connectivity index (χ0v) is 11.8. The number of carbonyl (C=O) groups excluding carboxylic acids is 1. The van der Waals surface area contributed by atoms with Gasteiger partial charge in [-0.15, -0.1) is 0 Å². The van der Waals surface area contributed by atoms with Crippen LogP contribution in [-0.2, 0) is 4.79 Å². The summed E-state index contributed by atoms with van der Waals surface area (Å²) in [5.41, 5.74) is -0.579. The highest BCUT2D eigenvalue weighted by molar-refractivity contribution is 6.35. The third-order valence-corrected chi connectivity index (χ3v) is 4.00. The summed E-state index contributed by atoms with van der Waals surface area (Å²) in [6.07, 6.45) is 0.437. The topological polar surface area (TPSA) is 57.6 Å². The first-order chi connectivity index (χ1) is 8.83. The molecule has 0 saturated carbocycles. The van der Waals surface area contributed by atoms with Gasteiger partial charge in [0.2, 0.25) is 0 Å². The molecule has 1 saturated heterocycles. The first-order valence-electron chi connectivity index (χ1n) is 5.81. The van der Waals surface area contributed by atoms with Crippen LogP contribution in [0.3, 0.4) is 0 Å². The Labute approximate surface area is 120 Å². The predicted molar refractivity (Wildman–Crippen MR) is 72.7 cm³/mol. The van der Waals surface area contributed by atoms with Crippen LogP contribution in [0.15, 0.2) is 18.2 Å². The largest absolute Gasteiger partial charge is 0.481 e. The van der Waals surface area contributed by atoms with Gasteiger partial charge in [0.05, 0.1) is 16.0 Å². The van der Waals surface area contributed by atoms with E-state index in [1.165, 1.54) is 11.0 Å². The van der Waals surface area contributed by atoms with E-state index in [9.17, 15) is 9.59 Å².